The van der Waals surface area contributed by atoms with Crippen molar-refractivity contribution >= 4 is 28.8 Å². The van der Waals surface area contributed by atoms with Gasteiger partial charge in [-0.15, -0.1) is 5.19 Å². The molecule has 0 spiro atoms. The molecular formula is C35H43Cl3SiTi. The molecule has 0 heterocycles. The first-order valence-corrected chi connectivity index (χ1v) is 15.8. The maximum absolute atomic E-state index is 2.54. The van der Waals surface area contributed by atoms with Gasteiger partial charge in [0.25, 0.3) is 0 Å². The first kappa shape index (κ1) is 38.8. The van der Waals surface area contributed by atoms with Crippen molar-refractivity contribution in [3.8, 4) is 0 Å². The smallest absolute Gasteiger partial charge is 1.00 e. The monoisotopic (exact) mass is 644 g/mol. The van der Waals surface area contributed by atoms with Gasteiger partial charge in [0.15, 0.2) is 0 Å². The summed E-state index contributed by atoms with van der Waals surface area (Å²) in [7, 11) is -2.54. The average Bonchev–Trinajstić information content (AvgIpc) is 3.34. The van der Waals surface area contributed by atoms with Gasteiger partial charge in [-0.05, 0) is 34.4 Å². The van der Waals surface area contributed by atoms with E-state index in [2.05, 4.69) is 139 Å². The van der Waals surface area contributed by atoms with Crippen LogP contribution in [0.2, 0.25) is 0 Å². The van der Waals surface area contributed by atoms with Gasteiger partial charge in [-0.1, -0.05) is 150 Å². The van der Waals surface area contributed by atoms with Crippen LogP contribution in [-0.4, -0.2) is 8.07 Å². The summed E-state index contributed by atoms with van der Waals surface area (Å²) in [4.78, 5) is 0. The second-order valence-electron chi connectivity index (χ2n) is 11.3. The third-order valence-corrected chi connectivity index (χ3v) is 12.5. The Hall–Kier alpha value is -1.19. The minimum Gasteiger partial charge on any atom is -1.00 e. The van der Waals surface area contributed by atoms with Crippen LogP contribution >= 0.6 is 0 Å². The predicted octanol–water partition coefficient (Wildman–Crippen LogP) is -1.88. The first-order valence-electron chi connectivity index (χ1n) is 13.8. The maximum Gasteiger partial charge on any atom is 4.00 e. The van der Waals surface area contributed by atoms with Crippen LogP contribution in [0.5, 0.6) is 0 Å². The van der Waals surface area contributed by atoms with Gasteiger partial charge in [0.05, 0.1) is 0 Å². The van der Waals surface area contributed by atoms with Crippen LogP contribution in [0.25, 0.3) is 0 Å². The van der Waals surface area contributed by atoms with Gasteiger partial charge in [-0.3, -0.25) is 0 Å². The fourth-order valence-electron chi connectivity index (χ4n) is 5.56. The zero-order valence-electron chi connectivity index (χ0n) is 24.9. The molecular weight excluding hydrogens is 603 g/mol. The Labute approximate surface area is 278 Å². The second-order valence-corrected chi connectivity index (χ2v) is 15.2. The topological polar surface area (TPSA) is 0 Å². The average molecular weight is 646 g/mol. The summed E-state index contributed by atoms with van der Waals surface area (Å²) in [6, 6.07) is 35.9. The maximum atomic E-state index is 2.53. The Balaban J connectivity index is 0.00000380. The van der Waals surface area contributed by atoms with Gasteiger partial charge in [-0.2, -0.15) is 17.7 Å². The van der Waals surface area contributed by atoms with E-state index in [4.69, 9.17) is 0 Å². The van der Waals surface area contributed by atoms with Crippen molar-refractivity contribution in [2.45, 2.75) is 79.1 Å². The summed E-state index contributed by atoms with van der Waals surface area (Å²) in [6.07, 6.45) is 2.31. The molecule has 0 atom stereocenters. The normalized spacial score (nSPS) is 10.9. The summed E-state index contributed by atoms with van der Waals surface area (Å²) >= 11 is 0. The first-order chi connectivity index (χ1) is 17.3. The Morgan fingerprint density at radius 3 is 1.30 bits per heavy atom. The van der Waals surface area contributed by atoms with Crippen molar-refractivity contribution in [2.75, 3.05) is 0 Å². The molecule has 0 nitrogen and oxygen atoms in total. The second kappa shape index (κ2) is 17.1. The molecule has 212 valence electrons. The fraction of sp³-hybridized carbons (Fsp3) is 0.343. The summed E-state index contributed by atoms with van der Waals surface area (Å²) < 4.78 is 0. The molecule has 0 saturated carbocycles. The van der Waals surface area contributed by atoms with Crippen LogP contribution in [0, 0.1) is 0 Å². The molecule has 4 aromatic rings. The van der Waals surface area contributed by atoms with Crippen molar-refractivity contribution in [2.24, 2.45) is 0 Å². The van der Waals surface area contributed by atoms with Crippen LogP contribution in [0.3, 0.4) is 0 Å². The van der Waals surface area contributed by atoms with Crippen molar-refractivity contribution in [3.05, 3.63) is 113 Å². The van der Waals surface area contributed by atoms with Gasteiger partial charge in [-0.25, -0.2) is 6.07 Å². The summed E-state index contributed by atoms with van der Waals surface area (Å²) in [6.45, 7) is 16.1. The third kappa shape index (κ3) is 8.00. The molecule has 0 radical (unpaired) electrons. The van der Waals surface area contributed by atoms with Gasteiger partial charge in [0.1, 0.15) is 8.07 Å². The zero-order chi connectivity index (χ0) is 25.9. The number of halogens is 3. The third-order valence-electron chi connectivity index (χ3n) is 7.75. The molecule has 4 aromatic carbocycles. The molecule has 0 aliphatic heterocycles. The molecule has 0 fully saturated rings. The molecule has 0 aliphatic carbocycles. The van der Waals surface area contributed by atoms with E-state index in [9.17, 15) is 0 Å². The van der Waals surface area contributed by atoms with Crippen molar-refractivity contribution in [1.29, 1.82) is 0 Å². The van der Waals surface area contributed by atoms with E-state index in [0.717, 1.165) is 6.42 Å². The van der Waals surface area contributed by atoms with Gasteiger partial charge in [0.2, 0.25) is 0 Å². The zero-order valence-corrected chi connectivity index (χ0v) is 29.8. The Kier molecular flexibility index (Phi) is 16.5. The Morgan fingerprint density at radius 2 is 0.975 bits per heavy atom. The summed E-state index contributed by atoms with van der Waals surface area (Å²) in [5, 5.41) is 5.98. The molecule has 5 heteroatoms. The summed E-state index contributed by atoms with van der Waals surface area (Å²) in [5.41, 5.74) is 5.73. The SMILES string of the molecule is CCCc1cc[c-]([Si](c2cccc(C(C)C)c2)(c2cccc(C(C)C)c2)c2cccc(C(C)C)c2)c1.[Cl-].[Cl-].[Cl-].[Ti+4]. The van der Waals surface area contributed by atoms with Crippen LogP contribution in [0.1, 0.15) is 94.9 Å². The Bertz CT molecular complexity index is 1180. The largest absolute Gasteiger partial charge is 4.00 e. The van der Waals surface area contributed by atoms with E-state index >= 15 is 0 Å². The van der Waals surface area contributed by atoms with Crippen LogP contribution < -0.4 is 58.0 Å². The molecule has 0 unspecified atom stereocenters. The number of rotatable bonds is 9. The van der Waals surface area contributed by atoms with Gasteiger partial charge >= 0.3 is 21.7 Å². The van der Waals surface area contributed by atoms with E-state index in [1.54, 1.807) is 0 Å². The fourth-order valence-corrected chi connectivity index (χ4v) is 10.5. The Morgan fingerprint density at radius 1 is 0.600 bits per heavy atom. The molecule has 0 amide bonds. The van der Waals surface area contributed by atoms with Crippen LogP contribution in [0.15, 0.2) is 91.0 Å². The van der Waals surface area contributed by atoms with Crippen molar-refractivity contribution in [1.82, 2.24) is 0 Å². The molecule has 0 N–H and O–H groups in total. The van der Waals surface area contributed by atoms with E-state index in [-0.39, 0.29) is 58.9 Å². The minimum absolute atomic E-state index is 0. The molecule has 40 heavy (non-hydrogen) atoms. The molecule has 4 rings (SSSR count). The predicted molar refractivity (Wildman–Crippen MR) is 162 cm³/mol. The molecule has 0 saturated heterocycles. The van der Waals surface area contributed by atoms with Crippen LogP contribution in [-0.2, 0) is 28.1 Å². The van der Waals surface area contributed by atoms with Crippen molar-refractivity contribution in [3.63, 3.8) is 0 Å². The number of hydrogen-bond donors (Lipinski definition) is 0. The van der Waals surface area contributed by atoms with E-state index in [1.807, 2.05) is 0 Å². The van der Waals surface area contributed by atoms with Crippen LogP contribution in [0.4, 0.5) is 0 Å². The minimum atomic E-state index is -2.54. The molecule has 0 bridgehead atoms. The standard InChI is InChI=1S/C35H43Si.3ClH.Ti/c1-8-12-28-19-20-35(21-28)36(32-16-9-13-29(22-32)25(2)3,33-17-10-14-30(23-33)26(4)5)34-18-11-15-31(24-34)27(6)7;;;;/h9-11,13-27H,8,12H2,1-7H3;3*1H;/q-1;;;;+4/p-3. The summed E-state index contributed by atoms with van der Waals surface area (Å²) in [5.74, 6) is 1.49. The van der Waals surface area contributed by atoms with E-state index < -0.39 is 8.07 Å². The van der Waals surface area contributed by atoms with Gasteiger partial charge < -0.3 is 37.2 Å². The van der Waals surface area contributed by atoms with E-state index in [0.29, 0.717) is 17.8 Å². The number of benzene rings is 3. The quantitative estimate of drug-likeness (QED) is 0.114. The van der Waals surface area contributed by atoms with Gasteiger partial charge in [0, 0.05) is 0 Å². The number of hydrogen-bond acceptors (Lipinski definition) is 0. The molecule has 0 aromatic heterocycles. The van der Waals surface area contributed by atoms with Crippen molar-refractivity contribution < 1.29 is 58.9 Å². The number of aryl methyl sites for hydroxylation is 1. The van der Waals surface area contributed by atoms with E-state index in [1.165, 1.54) is 49.4 Å². The molecule has 0 aliphatic rings.